The zero-order chi connectivity index (χ0) is 13.9. The molecule has 0 aliphatic heterocycles. The first-order valence-electron chi connectivity index (χ1n) is 6.92. The van der Waals surface area contributed by atoms with Crippen molar-refractivity contribution in [1.29, 1.82) is 0 Å². The highest BCUT2D eigenvalue weighted by molar-refractivity contribution is 9.10. The Labute approximate surface area is 128 Å². The lowest BCUT2D eigenvalue weighted by atomic mass is 10.0. The molecule has 0 amide bonds. The molecule has 1 saturated carbocycles. The third-order valence-electron chi connectivity index (χ3n) is 3.62. The Morgan fingerprint density at radius 3 is 2.45 bits per heavy atom. The molecule has 2 aromatic carbocycles. The number of hydrogen-bond donors (Lipinski definition) is 1. The summed E-state index contributed by atoms with van der Waals surface area (Å²) in [4.78, 5) is 0. The van der Waals surface area contributed by atoms with Crippen molar-refractivity contribution in [3.05, 3.63) is 52.5 Å². The summed E-state index contributed by atoms with van der Waals surface area (Å²) < 4.78 is 6.56. The van der Waals surface area contributed by atoms with Crippen molar-refractivity contribution in [3.63, 3.8) is 0 Å². The average molecular weight is 332 g/mol. The fraction of sp³-hybridized carbons (Fsp3) is 0.294. The Bertz CT molecular complexity index is 590. The standard InChI is InChI=1S/C17H18BrNO/c1-20-17-9-4-13(12-2-5-15(18)6-3-12)10-14(17)11-19-16-7-8-16/h2-6,9-10,16,19H,7-8,11H2,1H3. The molecule has 104 valence electrons. The van der Waals surface area contributed by atoms with E-state index in [1.54, 1.807) is 7.11 Å². The zero-order valence-corrected chi connectivity index (χ0v) is 13.1. The summed E-state index contributed by atoms with van der Waals surface area (Å²) >= 11 is 3.47. The Morgan fingerprint density at radius 2 is 1.80 bits per heavy atom. The number of rotatable bonds is 5. The second-order valence-corrected chi connectivity index (χ2v) is 6.10. The first kappa shape index (κ1) is 13.7. The van der Waals surface area contributed by atoms with E-state index < -0.39 is 0 Å². The summed E-state index contributed by atoms with van der Waals surface area (Å²) in [5.74, 6) is 0.957. The second kappa shape index (κ2) is 5.98. The van der Waals surface area contributed by atoms with Gasteiger partial charge in [-0.05, 0) is 48.2 Å². The van der Waals surface area contributed by atoms with Crippen LogP contribution in [0.5, 0.6) is 5.75 Å². The summed E-state index contributed by atoms with van der Waals surface area (Å²) in [6.07, 6.45) is 2.60. The lowest BCUT2D eigenvalue weighted by molar-refractivity contribution is 0.407. The van der Waals surface area contributed by atoms with Crippen molar-refractivity contribution >= 4 is 15.9 Å². The maximum atomic E-state index is 5.46. The summed E-state index contributed by atoms with van der Waals surface area (Å²) in [6.45, 7) is 0.873. The molecule has 0 saturated heterocycles. The second-order valence-electron chi connectivity index (χ2n) is 5.19. The van der Waals surface area contributed by atoms with Gasteiger partial charge in [-0.25, -0.2) is 0 Å². The number of ether oxygens (including phenoxy) is 1. The van der Waals surface area contributed by atoms with E-state index >= 15 is 0 Å². The fourth-order valence-corrected chi connectivity index (χ4v) is 2.54. The number of benzene rings is 2. The first-order valence-corrected chi connectivity index (χ1v) is 7.72. The van der Waals surface area contributed by atoms with E-state index in [9.17, 15) is 0 Å². The predicted molar refractivity (Wildman–Crippen MR) is 86.0 cm³/mol. The molecule has 20 heavy (non-hydrogen) atoms. The van der Waals surface area contributed by atoms with Crippen molar-refractivity contribution in [2.75, 3.05) is 7.11 Å². The van der Waals surface area contributed by atoms with Crippen LogP contribution in [0.4, 0.5) is 0 Å². The molecule has 0 spiro atoms. The average Bonchev–Trinajstić information content (AvgIpc) is 3.30. The molecule has 0 bridgehead atoms. The molecule has 0 atom stereocenters. The van der Waals surface area contributed by atoms with Crippen molar-refractivity contribution in [2.45, 2.75) is 25.4 Å². The summed E-state index contributed by atoms with van der Waals surface area (Å²) in [6, 6.07) is 15.5. The number of nitrogens with one attached hydrogen (secondary N) is 1. The number of halogens is 1. The van der Waals surface area contributed by atoms with Gasteiger partial charge in [0, 0.05) is 22.6 Å². The summed E-state index contributed by atoms with van der Waals surface area (Å²) in [5.41, 5.74) is 3.68. The van der Waals surface area contributed by atoms with Gasteiger partial charge >= 0.3 is 0 Å². The van der Waals surface area contributed by atoms with Crippen LogP contribution in [-0.2, 0) is 6.54 Å². The van der Waals surface area contributed by atoms with Crippen molar-refractivity contribution in [2.24, 2.45) is 0 Å². The first-order chi connectivity index (χ1) is 9.76. The van der Waals surface area contributed by atoms with Crippen LogP contribution in [0.3, 0.4) is 0 Å². The van der Waals surface area contributed by atoms with E-state index in [-0.39, 0.29) is 0 Å². The van der Waals surface area contributed by atoms with Gasteiger partial charge in [-0.3, -0.25) is 0 Å². The van der Waals surface area contributed by atoms with E-state index in [1.165, 1.54) is 29.5 Å². The van der Waals surface area contributed by atoms with Gasteiger partial charge in [0.15, 0.2) is 0 Å². The monoisotopic (exact) mass is 331 g/mol. The third kappa shape index (κ3) is 3.22. The Kier molecular flexibility index (Phi) is 4.08. The highest BCUT2D eigenvalue weighted by Crippen LogP contribution is 2.28. The van der Waals surface area contributed by atoms with Crippen LogP contribution in [0.25, 0.3) is 11.1 Å². The molecule has 0 radical (unpaired) electrons. The van der Waals surface area contributed by atoms with Crippen LogP contribution in [-0.4, -0.2) is 13.2 Å². The molecule has 1 fully saturated rings. The molecular weight excluding hydrogens is 314 g/mol. The minimum atomic E-state index is 0.705. The Balaban J connectivity index is 1.87. The zero-order valence-electron chi connectivity index (χ0n) is 11.5. The molecule has 2 aromatic rings. The van der Waals surface area contributed by atoms with Crippen LogP contribution in [0.1, 0.15) is 18.4 Å². The molecule has 3 rings (SSSR count). The van der Waals surface area contributed by atoms with Gasteiger partial charge in [0.1, 0.15) is 5.75 Å². The molecule has 0 heterocycles. The van der Waals surface area contributed by atoms with Gasteiger partial charge in [-0.15, -0.1) is 0 Å². The van der Waals surface area contributed by atoms with Crippen molar-refractivity contribution < 1.29 is 4.74 Å². The van der Waals surface area contributed by atoms with Crippen LogP contribution in [0.15, 0.2) is 46.9 Å². The number of hydrogen-bond acceptors (Lipinski definition) is 2. The van der Waals surface area contributed by atoms with E-state index in [4.69, 9.17) is 4.74 Å². The fourth-order valence-electron chi connectivity index (χ4n) is 2.28. The topological polar surface area (TPSA) is 21.3 Å². The summed E-state index contributed by atoms with van der Waals surface area (Å²) in [7, 11) is 1.73. The molecule has 1 N–H and O–H groups in total. The van der Waals surface area contributed by atoms with Crippen LogP contribution in [0, 0.1) is 0 Å². The summed E-state index contributed by atoms with van der Waals surface area (Å²) in [5, 5.41) is 3.55. The molecule has 0 unspecified atom stereocenters. The van der Waals surface area contributed by atoms with Crippen LogP contribution in [0.2, 0.25) is 0 Å². The Hall–Kier alpha value is -1.32. The minimum Gasteiger partial charge on any atom is -0.496 e. The van der Waals surface area contributed by atoms with Gasteiger partial charge in [-0.1, -0.05) is 34.1 Å². The van der Waals surface area contributed by atoms with E-state index in [0.717, 1.165) is 16.8 Å². The normalized spacial score (nSPS) is 14.3. The number of methoxy groups -OCH3 is 1. The van der Waals surface area contributed by atoms with Crippen LogP contribution < -0.4 is 10.1 Å². The lowest BCUT2D eigenvalue weighted by Gasteiger charge is -2.12. The minimum absolute atomic E-state index is 0.705. The SMILES string of the molecule is COc1ccc(-c2ccc(Br)cc2)cc1CNC1CC1. The van der Waals surface area contributed by atoms with Gasteiger partial charge in [0.05, 0.1) is 7.11 Å². The quantitative estimate of drug-likeness (QED) is 0.877. The third-order valence-corrected chi connectivity index (χ3v) is 4.15. The van der Waals surface area contributed by atoms with E-state index in [2.05, 4.69) is 63.7 Å². The molecule has 2 nitrogen and oxygen atoms in total. The highest BCUT2D eigenvalue weighted by Gasteiger charge is 2.20. The Morgan fingerprint density at radius 1 is 1.10 bits per heavy atom. The van der Waals surface area contributed by atoms with Crippen LogP contribution >= 0.6 is 15.9 Å². The van der Waals surface area contributed by atoms with E-state index in [0.29, 0.717) is 6.04 Å². The van der Waals surface area contributed by atoms with Gasteiger partial charge in [0.2, 0.25) is 0 Å². The largest absolute Gasteiger partial charge is 0.496 e. The van der Waals surface area contributed by atoms with Gasteiger partial charge in [-0.2, -0.15) is 0 Å². The van der Waals surface area contributed by atoms with Crippen molar-refractivity contribution in [1.82, 2.24) is 5.32 Å². The smallest absolute Gasteiger partial charge is 0.123 e. The van der Waals surface area contributed by atoms with Gasteiger partial charge < -0.3 is 10.1 Å². The predicted octanol–water partition coefficient (Wildman–Crippen LogP) is 4.38. The molecule has 1 aliphatic rings. The van der Waals surface area contributed by atoms with E-state index in [1.807, 2.05) is 0 Å². The lowest BCUT2D eigenvalue weighted by Crippen LogP contribution is -2.15. The molecule has 3 heteroatoms. The molecule has 0 aromatic heterocycles. The van der Waals surface area contributed by atoms with Crippen molar-refractivity contribution in [3.8, 4) is 16.9 Å². The van der Waals surface area contributed by atoms with Gasteiger partial charge in [0.25, 0.3) is 0 Å². The molecule has 1 aliphatic carbocycles. The highest BCUT2D eigenvalue weighted by atomic mass is 79.9. The maximum absolute atomic E-state index is 5.46. The maximum Gasteiger partial charge on any atom is 0.123 e. The molecular formula is C17H18BrNO.